The molecule has 162 valence electrons. The van der Waals surface area contributed by atoms with Crippen LogP contribution >= 0.6 is 0 Å². The summed E-state index contributed by atoms with van der Waals surface area (Å²) in [4.78, 5) is 29.0. The van der Waals surface area contributed by atoms with Crippen LogP contribution in [0.2, 0.25) is 0 Å². The Labute approximate surface area is 180 Å². The van der Waals surface area contributed by atoms with Gasteiger partial charge in [-0.05, 0) is 63.4 Å². The lowest BCUT2D eigenvalue weighted by molar-refractivity contribution is 0.0925. The fourth-order valence-electron chi connectivity index (χ4n) is 4.17. The van der Waals surface area contributed by atoms with Crippen molar-refractivity contribution >= 4 is 17.3 Å². The van der Waals surface area contributed by atoms with Gasteiger partial charge in [-0.15, -0.1) is 0 Å². The van der Waals surface area contributed by atoms with Gasteiger partial charge < -0.3 is 9.47 Å². The molecule has 5 heteroatoms. The molecule has 0 radical (unpaired) electrons. The highest BCUT2D eigenvalue weighted by atomic mass is 16.1. The SMILES string of the molecule is CC(=O)c1ccc(N2CCN(CC(=O)c3cc(C)n(CCC(C)C)c3C)CC2)cc1. The Morgan fingerprint density at radius 3 is 2.20 bits per heavy atom. The van der Waals surface area contributed by atoms with Crippen molar-refractivity contribution in [2.24, 2.45) is 5.92 Å². The number of hydrogen-bond donors (Lipinski definition) is 0. The smallest absolute Gasteiger partial charge is 0.178 e. The molecule has 2 aromatic rings. The van der Waals surface area contributed by atoms with Gasteiger partial charge in [0.15, 0.2) is 11.6 Å². The van der Waals surface area contributed by atoms with E-state index in [0.717, 1.165) is 61.7 Å². The van der Waals surface area contributed by atoms with Crippen molar-refractivity contribution in [2.75, 3.05) is 37.6 Å². The Morgan fingerprint density at radius 2 is 1.63 bits per heavy atom. The molecule has 1 saturated heterocycles. The maximum Gasteiger partial charge on any atom is 0.178 e. The minimum atomic E-state index is 0.0912. The summed E-state index contributed by atoms with van der Waals surface area (Å²) in [7, 11) is 0. The summed E-state index contributed by atoms with van der Waals surface area (Å²) in [5, 5.41) is 0. The van der Waals surface area contributed by atoms with Crippen LogP contribution in [0.1, 0.15) is 59.3 Å². The third kappa shape index (κ3) is 5.20. The van der Waals surface area contributed by atoms with Gasteiger partial charge in [0.05, 0.1) is 6.54 Å². The second-order valence-corrected chi connectivity index (χ2v) is 8.91. The Bertz CT molecular complexity index is 888. The molecule has 2 heterocycles. The van der Waals surface area contributed by atoms with Crippen molar-refractivity contribution in [1.29, 1.82) is 0 Å². The fraction of sp³-hybridized carbons (Fsp3) is 0.520. The summed E-state index contributed by atoms with van der Waals surface area (Å²) in [6, 6.07) is 9.88. The number of hydrogen-bond acceptors (Lipinski definition) is 4. The minimum Gasteiger partial charge on any atom is -0.369 e. The number of piperazine rings is 1. The van der Waals surface area contributed by atoms with Crippen LogP contribution in [0.4, 0.5) is 5.69 Å². The molecule has 0 aliphatic carbocycles. The lowest BCUT2D eigenvalue weighted by Gasteiger charge is -2.35. The van der Waals surface area contributed by atoms with E-state index >= 15 is 0 Å². The van der Waals surface area contributed by atoms with Crippen LogP contribution < -0.4 is 4.90 Å². The number of nitrogens with zero attached hydrogens (tertiary/aromatic N) is 3. The lowest BCUT2D eigenvalue weighted by atomic mass is 10.1. The first-order chi connectivity index (χ1) is 14.3. The van der Waals surface area contributed by atoms with Crippen LogP contribution in [0.25, 0.3) is 0 Å². The predicted molar refractivity (Wildman–Crippen MR) is 123 cm³/mol. The third-order valence-corrected chi connectivity index (χ3v) is 6.18. The van der Waals surface area contributed by atoms with Crippen LogP contribution in [0.3, 0.4) is 0 Å². The van der Waals surface area contributed by atoms with Crippen molar-refractivity contribution in [1.82, 2.24) is 9.47 Å². The number of anilines is 1. The van der Waals surface area contributed by atoms with Gasteiger partial charge >= 0.3 is 0 Å². The first-order valence-corrected chi connectivity index (χ1v) is 11.0. The summed E-state index contributed by atoms with van der Waals surface area (Å²) in [6.45, 7) is 15.2. The van der Waals surface area contributed by atoms with E-state index in [1.165, 1.54) is 5.69 Å². The summed E-state index contributed by atoms with van der Waals surface area (Å²) in [6.07, 6.45) is 1.12. The molecule has 0 unspecified atom stereocenters. The van der Waals surface area contributed by atoms with Crippen molar-refractivity contribution in [3.63, 3.8) is 0 Å². The molecule has 1 fully saturated rings. The highest BCUT2D eigenvalue weighted by Gasteiger charge is 2.22. The second-order valence-electron chi connectivity index (χ2n) is 8.91. The average Bonchev–Trinajstić information content (AvgIpc) is 3.00. The Kier molecular flexibility index (Phi) is 7.14. The van der Waals surface area contributed by atoms with Crippen molar-refractivity contribution in [2.45, 2.75) is 47.6 Å². The highest BCUT2D eigenvalue weighted by molar-refractivity contribution is 5.99. The summed E-state index contributed by atoms with van der Waals surface area (Å²) in [5.41, 5.74) is 5.03. The van der Waals surface area contributed by atoms with E-state index in [-0.39, 0.29) is 11.6 Å². The molecular formula is C25H35N3O2. The van der Waals surface area contributed by atoms with Crippen LogP contribution in [-0.4, -0.2) is 53.8 Å². The van der Waals surface area contributed by atoms with Gasteiger partial charge in [-0.25, -0.2) is 0 Å². The van der Waals surface area contributed by atoms with Crippen LogP contribution in [0.5, 0.6) is 0 Å². The van der Waals surface area contributed by atoms with Crippen molar-refractivity contribution in [3.8, 4) is 0 Å². The normalized spacial score (nSPS) is 15.1. The summed E-state index contributed by atoms with van der Waals surface area (Å²) >= 11 is 0. The van der Waals surface area contributed by atoms with E-state index < -0.39 is 0 Å². The maximum absolute atomic E-state index is 13.0. The minimum absolute atomic E-state index is 0.0912. The van der Waals surface area contributed by atoms with Gasteiger partial charge in [0.25, 0.3) is 0 Å². The van der Waals surface area contributed by atoms with E-state index in [2.05, 4.69) is 48.1 Å². The lowest BCUT2D eigenvalue weighted by Crippen LogP contribution is -2.48. The fourth-order valence-corrected chi connectivity index (χ4v) is 4.17. The number of aryl methyl sites for hydroxylation is 1. The molecule has 1 aromatic carbocycles. The molecule has 0 bridgehead atoms. The monoisotopic (exact) mass is 409 g/mol. The van der Waals surface area contributed by atoms with Gasteiger partial charge in [0.1, 0.15) is 0 Å². The predicted octanol–water partition coefficient (Wildman–Crippen LogP) is 4.36. The molecule has 5 nitrogen and oxygen atoms in total. The standard InChI is InChI=1S/C25H35N3O2/c1-18(2)10-11-28-19(3)16-24(20(28)4)25(30)17-26-12-14-27(15-13-26)23-8-6-22(7-9-23)21(5)29/h6-9,16,18H,10-15,17H2,1-5H3. The molecule has 1 aliphatic rings. The number of ketones is 2. The summed E-state index contributed by atoms with van der Waals surface area (Å²) in [5.74, 6) is 0.965. The topological polar surface area (TPSA) is 45.6 Å². The van der Waals surface area contributed by atoms with Gasteiger partial charge in [-0.3, -0.25) is 14.5 Å². The highest BCUT2D eigenvalue weighted by Crippen LogP contribution is 2.20. The molecule has 30 heavy (non-hydrogen) atoms. The van der Waals surface area contributed by atoms with Crippen molar-refractivity contribution < 1.29 is 9.59 Å². The van der Waals surface area contributed by atoms with Crippen LogP contribution in [0, 0.1) is 19.8 Å². The van der Waals surface area contributed by atoms with Gasteiger partial charge in [-0.1, -0.05) is 13.8 Å². The summed E-state index contributed by atoms with van der Waals surface area (Å²) < 4.78 is 2.29. The zero-order valence-corrected chi connectivity index (χ0v) is 19.1. The Balaban J connectivity index is 1.56. The first kappa shape index (κ1) is 22.3. The van der Waals surface area contributed by atoms with Gasteiger partial charge in [0, 0.05) is 60.9 Å². The van der Waals surface area contributed by atoms with Gasteiger partial charge in [-0.2, -0.15) is 0 Å². The Morgan fingerprint density at radius 1 is 1.00 bits per heavy atom. The molecule has 1 aliphatic heterocycles. The molecule has 0 atom stereocenters. The van der Waals surface area contributed by atoms with Crippen molar-refractivity contribution in [3.05, 3.63) is 52.8 Å². The Hall–Kier alpha value is -2.40. The molecule has 3 rings (SSSR count). The zero-order chi connectivity index (χ0) is 21.8. The molecule has 0 spiro atoms. The average molecular weight is 410 g/mol. The number of benzene rings is 1. The number of Topliss-reactive ketones (excluding diaryl/α,β-unsaturated/α-hetero) is 2. The number of rotatable bonds is 8. The van der Waals surface area contributed by atoms with E-state index in [1.807, 2.05) is 24.3 Å². The molecular weight excluding hydrogens is 374 g/mol. The number of aromatic nitrogens is 1. The molecule has 0 amide bonds. The quantitative estimate of drug-likeness (QED) is 0.608. The van der Waals surface area contributed by atoms with E-state index in [1.54, 1.807) is 6.92 Å². The number of carbonyl (C=O) groups is 2. The second kappa shape index (κ2) is 9.61. The van der Waals surface area contributed by atoms with E-state index in [0.29, 0.717) is 12.5 Å². The zero-order valence-electron chi connectivity index (χ0n) is 19.1. The largest absolute Gasteiger partial charge is 0.369 e. The first-order valence-electron chi connectivity index (χ1n) is 11.0. The van der Waals surface area contributed by atoms with Crippen LogP contribution in [-0.2, 0) is 6.54 Å². The van der Waals surface area contributed by atoms with E-state index in [4.69, 9.17) is 0 Å². The van der Waals surface area contributed by atoms with Gasteiger partial charge in [0.2, 0.25) is 0 Å². The maximum atomic E-state index is 13.0. The third-order valence-electron chi connectivity index (χ3n) is 6.18. The molecule has 0 N–H and O–H groups in total. The van der Waals surface area contributed by atoms with E-state index in [9.17, 15) is 9.59 Å². The van der Waals surface area contributed by atoms with Crippen LogP contribution in [0.15, 0.2) is 30.3 Å². The molecule has 0 saturated carbocycles. The molecule has 1 aromatic heterocycles. The number of carbonyl (C=O) groups excluding carboxylic acids is 2.